The first-order valence-electron chi connectivity index (χ1n) is 22.9. The molecule has 9 aromatic rings. The van der Waals surface area contributed by atoms with Crippen molar-refractivity contribution in [1.29, 1.82) is 0 Å². The Bertz CT molecular complexity index is 3260. The molecule has 2 heterocycles. The number of benzene rings is 7. The van der Waals surface area contributed by atoms with Crippen LogP contribution < -0.4 is 0 Å². The third-order valence-electron chi connectivity index (χ3n) is 13.1. The third kappa shape index (κ3) is 7.58. The molecule has 0 unspecified atom stereocenters. The second-order valence-electron chi connectivity index (χ2n) is 19.2. The monoisotopic (exact) mass is 1040 g/mol. The van der Waals surface area contributed by atoms with E-state index in [0.717, 1.165) is 61.8 Å². The first-order chi connectivity index (χ1) is 31.3. The molecule has 66 heavy (non-hydrogen) atoms. The van der Waals surface area contributed by atoms with Gasteiger partial charge in [0, 0.05) is 43.4 Å². The van der Waals surface area contributed by atoms with E-state index in [1.165, 1.54) is 44.5 Å². The number of aryl methyl sites for hydroxylation is 2. The van der Waals surface area contributed by atoms with Crippen LogP contribution in [-0.2, 0) is 26.5 Å². The Kier molecular flexibility index (Phi) is 11.7. The molecular formula is C60H55N4OPt-. The topological polar surface area (TPSA) is 55.9 Å². The number of hydrogen-bond donors (Lipinski definition) is 1. The van der Waals surface area contributed by atoms with E-state index in [2.05, 4.69) is 205 Å². The number of aromatic nitrogens is 4. The molecule has 332 valence electrons. The van der Waals surface area contributed by atoms with Gasteiger partial charge in [-0.25, -0.2) is 0 Å². The van der Waals surface area contributed by atoms with Gasteiger partial charge in [-0.3, -0.25) is 9.67 Å². The molecule has 7 aromatic carbocycles. The van der Waals surface area contributed by atoms with Crippen LogP contribution in [0.2, 0.25) is 0 Å². The van der Waals surface area contributed by atoms with E-state index in [0.29, 0.717) is 11.4 Å². The van der Waals surface area contributed by atoms with Gasteiger partial charge in [-0.15, -0.1) is 29.8 Å². The van der Waals surface area contributed by atoms with Crippen molar-refractivity contribution < 1.29 is 26.2 Å². The largest absolute Gasteiger partial charge is 0.507 e. The van der Waals surface area contributed by atoms with Crippen molar-refractivity contribution in [3.05, 3.63) is 186 Å². The predicted molar refractivity (Wildman–Crippen MR) is 269 cm³/mol. The Morgan fingerprint density at radius 1 is 0.576 bits per heavy atom. The van der Waals surface area contributed by atoms with Gasteiger partial charge in [0.15, 0.2) is 0 Å². The zero-order valence-corrected chi connectivity index (χ0v) is 41.4. The van der Waals surface area contributed by atoms with Gasteiger partial charge in [0.2, 0.25) is 0 Å². The Balaban J connectivity index is 0.00000548. The number of hydrogen-bond acceptors (Lipinski definition) is 3. The van der Waals surface area contributed by atoms with Crippen LogP contribution in [0, 0.1) is 19.9 Å². The number of fused-ring (bicyclic) bond motifs is 8. The van der Waals surface area contributed by atoms with Gasteiger partial charge in [0.05, 0.1) is 16.9 Å². The summed E-state index contributed by atoms with van der Waals surface area (Å²) in [7, 11) is 0. The van der Waals surface area contributed by atoms with Crippen LogP contribution in [0.5, 0.6) is 5.75 Å². The zero-order valence-electron chi connectivity index (χ0n) is 39.1. The molecule has 0 bridgehead atoms. The summed E-state index contributed by atoms with van der Waals surface area (Å²) in [4.78, 5) is 5.38. The van der Waals surface area contributed by atoms with Crippen molar-refractivity contribution in [3.8, 4) is 95.7 Å². The van der Waals surface area contributed by atoms with E-state index in [1.54, 1.807) is 6.07 Å². The van der Waals surface area contributed by atoms with E-state index in [1.807, 2.05) is 18.2 Å². The summed E-state index contributed by atoms with van der Waals surface area (Å²) in [6.07, 6.45) is 2.12. The Hall–Kier alpha value is -6.55. The standard InChI is InChI=1S/C60H55N4O.Pt/c1-36(2)43-29-19-30-44(37(3)4)57(43)63-35-52(61-59(63)51-28-16-17-31-53(51)65)40-20-18-21-42(34-40)64-58(54-38(5)32-41(33-39(54)6)60(7,8)9)55-49-26-14-12-24-47(49)45-22-10-11-23-46(45)48-25-13-15-27-50(48)56(55)62-64;/h10-33,35-37,65H,1-9H3;/q-1;. The normalized spacial score (nSPS) is 11.9. The third-order valence-corrected chi connectivity index (χ3v) is 13.1. The second kappa shape index (κ2) is 17.3. The minimum Gasteiger partial charge on any atom is -0.507 e. The number of phenolic OH excluding ortho intramolecular Hbond substituents is 1. The molecule has 5 nitrogen and oxygen atoms in total. The minimum atomic E-state index is -0.0229. The van der Waals surface area contributed by atoms with E-state index in [-0.39, 0.29) is 44.1 Å². The summed E-state index contributed by atoms with van der Waals surface area (Å²) >= 11 is 0. The van der Waals surface area contributed by atoms with E-state index < -0.39 is 0 Å². The Morgan fingerprint density at radius 2 is 1.08 bits per heavy atom. The van der Waals surface area contributed by atoms with Crippen LogP contribution in [0.3, 0.4) is 0 Å². The number of para-hydroxylation sites is 2. The first-order valence-corrected chi connectivity index (χ1v) is 22.9. The van der Waals surface area contributed by atoms with Gasteiger partial charge in [0.1, 0.15) is 17.3 Å². The molecule has 10 rings (SSSR count). The summed E-state index contributed by atoms with van der Waals surface area (Å²) < 4.78 is 4.32. The van der Waals surface area contributed by atoms with Crippen molar-refractivity contribution in [2.75, 3.05) is 0 Å². The van der Waals surface area contributed by atoms with Gasteiger partial charge in [0.25, 0.3) is 0 Å². The smallest absolute Gasteiger partial charge is 0.138 e. The molecule has 0 amide bonds. The van der Waals surface area contributed by atoms with Gasteiger partial charge in [-0.2, -0.15) is 5.10 Å². The maximum absolute atomic E-state index is 11.4. The van der Waals surface area contributed by atoms with Gasteiger partial charge < -0.3 is 9.67 Å². The summed E-state index contributed by atoms with van der Waals surface area (Å²) in [6.45, 7) is 20.3. The minimum absolute atomic E-state index is 0. The van der Waals surface area contributed by atoms with Gasteiger partial charge >= 0.3 is 0 Å². The maximum Gasteiger partial charge on any atom is 0.138 e. The molecule has 0 atom stereocenters. The summed E-state index contributed by atoms with van der Waals surface area (Å²) in [5.74, 6) is 1.37. The molecule has 0 aliphatic heterocycles. The number of imidazole rings is 1. The molecule has 0 saturated heterocycles. The molecule has 1 N–H and O–H groups in total. The number of nitrogens with zero attached hydrogens (tertiary/aromatic N) is 4. The maximum atomic E-state index is 11.4. The van der Waals surface area contributed by atoms with Crippen LogP contribution in [0.4, 0.5) is 0 Å². The van der Waals surface area contributed by atoms with E-state index >= 15 is 0 Å². The average Bonchev–Trinajstić information content (AvgIpc) is 3.91. The van der Waals surface area contributed by atoms with Crippen LogP contribution >= 0.6 is 0 Å². The van der Waals surface area contributed by atoms with Crippen molar-refractivity contribution in [1.82, 2.24) is 19.3 Å². The van der Waals surface area contributed by atoms with Crippen LogP contribution in [0.15, 0.2) is 152 Å². The summed E-state index contributed by atoms with van der Waals surface area (Å²) in [5, 5.41) is 17.1. The van der Waals surface area contributed by atoms with E-state index in [4.69, 9.17) is 10.1 Å². The molecule has 0 fully saturated rings. The zero-order chi connectivity index (χ0) is 45.3. The molecule has 0 spiro atoms. The molecule has 1 aliphatic carbocycles. The average molecular weight is 1040 g/mol. The fourth-order valence-electron chi connectivity index (χ4n) is 9.90. The van der Waals surface area contributed by atoms with Crippen molar-refractivity contribution in [2.24, 2.45) is 0 Å². The summed E-state index contributed by atoms with van der Waals surface area (Å²) in [6, 6.07) is 55.2. The molecule has 2 aromatic heterocycles. The Morgan fingerprint density at radius 3 is 1.64 bits per heavy atom. The van der Waals surface area contributed by atoms with Crippen LogP contribution in [0.1, 0.15) is 88.1 Å². The SMILES string of the molecule is Cc1cc(C(C)(C)C)cc(C)c1-c1c2c(nn1-c1[c-]c(-c3cn(-c4c(C(C)C)cccc4C(C)C)c(-c4ccccc4O)n3)ccc1)-c1ccccc1-c1ccccc1-c1ccccc1-2.[Pt]. The first kappa shape index (κ1) is 44.6. The van der Waals surface area contributed by atoms with Crippen molar-refractivity contribution >= 4 is 0 Å². The van der Waals surface area contributed by atoms with Gasteiger partial charge in [-0.1, -0.05) is 164 Å². The summed E-state index contributed by atoms with van der Waals surface area (Å²) in [5.41, 5.74) is 21.4. The van der Waals surface area contributed by atoms with Crippen LogP contribution in [-0.4, -0.2) is 24.4 Å². The number of aromatic hydroxyl groups is 1. The van der Waals surface area contributed by atoms with Crippen LogP contribution in [0.25, 0.3) is 89.9 Å². The predicted octanol–water partition coefficient (Wildman–Crippen LogP) is 15.7. The molecule has 1 aliphatic rings. The fourth-order valence-corrected chi connectivity index (χ4v) is 9.90. The number of rotatable bonds is 7. The van der Waals surface area contributed by atoms with Crippen molar-refractivity contribution in [2.45, 2.75) is 79.6 Å². The quantitative estimate of drug-likeness (QED) is 0.162. The molecule has 0 radical (unpaired) electrons. The van der Waals surface area contributed by atoms with Gasteiger partial charge in [-0.05, 0) is 111 Å². The second-order valence-corrected chi connectivity index (χ2v) is 19.2. The van der Waals surface area contributed by atoms with Crippen molar-refractivity contribution in [3.63, 3.8) is 0 Å². The molecule has 0 saturated carbocycles. The Labute approximate surface area is 404 Å². The van der Waals surface area contributed by atoms with E-state index in [9.17, 15) is 5.11 Å². The molecular weight excluding hydrogens is 988 g/mol. The fraction of sp³-hybridized carbons (Fsp3) is 0.200. The number of phenols is 1. The molecule has 6 heteroatoms.